The topological polar surface area (TPSA) is 96.6 Å². The molecule has 23 heavy (non-hydrogen) atoms. The van der Waals surface area contributed by atoms with Gasteiger partial charge in [-0.25, -0.2) is 4.79 Å². The molecule has 0 radical (unpaired) electrons. The number of aromatic nitrogens is 1. The SMILES string of the molecule is CC[C@@H](CO)NC(=O)NCc1cc(-c2ccccc2OC)no1. The third-order valence-corrected chi connectivity index (χ3v) is 3.41. The summed E-state index contributed by atoms with van der Waals surface area (Å²) in [7, 11) is 1.59. The van der Waals surface area contributed by atoms with Crippen LogP contribution in [0.25, 0.3) is 11.3 Å². The maximum absolute atomic E-state index is 11.7. The van der Waals surface area contributed by atoms with E-state index < -0.39 is 0 Å². The lowest BCUT2D eigenvalue weighted by Crippen LogP contribution is -2.43. The van der Waals surface area contributed by atoms with Crippen LogP contribution in [0.1, 0.15) is 19.1 Å². The summed E-state index contributed by atoms with van der Waals surface area (Å²) < 4.78 is 10.5. The van der Waals surface area contributed by atoms with E-state index in [0.717, 1.165) is 5.56 Å². The zero-order valence-electron chi connectivity index (χ0n) is 13.2. The second kappa shape index (κ2) is 8.19. The smallest absolute Gasteiger partial charge is 0.315 e. The second-order valence-electron chi connectivity index (χ2n) is 4.99. The number of nitrogens with one attached hydrogen (secondary N) is 2. The Hall–Kier alpha value is -2.54. The largest absolute Gasteiger partial charge is 0.496 e. The maximum atomic E-state index is 11.7. The van der Waals surface area contributed by atoms with Gasteiger partial charge in [0.2, 0.25) is 0 Å². The number of carbonyl (C=O) groups is 1. The van der Waals surface area contributed by atoms with E-state index in [1.54, 1.807) is 13.2 Å². The highest BCUT2D eigenvalue weighted by molar-refractivity contribution is 5.74. The number of urea groups is 1. The number of hydrogen-bond donors (Lipinski definition) is 3. The molecular weight excluding hydrogens is 298 g/mol. The average molecular weight is 319 g/mol. The molecule has 2 amide bonds. The molecule has 0 saturated carbocycles. The van der Waals surface area contributed by atoms with Crippen LogP contribution >= 0.6 is 0 Å². The number of para-hydroxylation sites is 1. The Morgan fingerprint density at radius 3 is 2.91 bits per heavy atom. The standard InChI is InChI=1S/C16H21N3O4/c1-3-11(10-20)18-16(21)17-9-12-8-14(19-23-12)13-6-4-5-7-15(13)22-2/h4-8,11,20H,3,9-10H2,1-2H3,(H2,17,18,21)/t11-/m0/s1. The molecule has 0 spiro atoms. The number of aliphatic hydroxyl groups is 1. The van der Waals surface area contributed by atoms with Crippen LogP contribution in [0, 0.1) is 0 Å². The minimum Gasteiger partial charge on any atom is -0.496 e. The van der Waals surface area contributed by atoms with Gasteiger partial charge in [-0.1, -0.05) is 24.2 Å². The third-order valence-electron chi connectivity index (χ3n) is 3.41. The molecule has 0 aliphatic carbocycles. The van der Waals surface area contributed by atoms with Crippen molar-refractivity contribution in [1.29, 1.82) is 0 Å². The number of ether oxygens (including phenoxy) is 1. The van der Waals surface area contributed by atoms with Crippen molar-refractivity contribution >= 4 is 6.03 Å². The summed E-state index contributed by atoms with van der Waals surface area (Å²) in [5, 5.41) is 18.4. The van der Waals surface area contributed by atoms with E-state index in [4.69, 9.17) is 14.4 Å². The van der Waals surface area contributed by atoms with Crippen LogP contribution in [-0.2, 0) is 6.54 Å². The molecule has 1 aromatic carbocycles. The predicted octanol–water partition coefficient (Wildman–Crippen LogP) is 1.92. The number of nitrogens with zero attached hydrogens (tertiary/aromatic N) is 1. The van der Waals surface area contributed by atoms with Gasteiger partial charge in [0.1, 0.15) is 11.4 Å². The van der Waals surface area contributed by atoms with Gasteiger partial charge in [-0.15, -0.1) is 0 Å². The van der Waals surface area contributed by atoms with Gasteiger partial charge in [0.25, 0.3) is 0 Å². The van der Waals surface area contributed by atoms with E-state index in [1.165, 1.54) is 0 Å². The number of hydrogen-bond acceptors (Lipinski definition) is 5. The molecule has 0 saturated heterocycles. The van der Waals surface area contributed by atoms with Gasteiger partial charge < -0.3 is 25.0 Å². The molecule has 1 aromatic heterocycles. The van der Waals surface area contributed by atoms with Gasteiger partial charge in [-0.3, -0.25) is 0 Å². The fraction of sp³-hybridized carbons (Fsp3) is 0.375. The molecule has 3 N–H and O–H groups in total. The summed E-state index contributed by atoms with van der Waals surface area (Å²) in [5.74, 6) is 1.23. The van der Waals surface area contributed by atoms with Crippen molar-refractivity contribution in [3.63, 3.8) is 0 Å². The minimum atomic E-state index is -0.360. The highest BCUT2D eigenvalue weighted by Crippen LogP contribution is 2.28. The number of carbonyl (C=O) groups excluding carboxylic acids is 1. The van der Waals surface area contributed by atoms with Gasteiger partial charge in [0, 0.05) is 11.6 Å². The van der Waals surface area contributed by atoms with Gasteiger partial charge >= 0.3 is 6.03 Å². The van der Waals surface area contributed by atoms with E-state index in [9.17, 15) is 4.79 Å². The first-order valence-corrected chi connectivity index (χ1v) is 7.42. The highest BCUT2D eigenvalue weighted by atomic mass is 16.5. The molecule has 0 unspecified atom stereocenters. The van der Waals surface area contributed by atoms with Crippen molar-refractivity contribution in [3.05, 3.63) is 36.1 Å². The fourth-order valence-electron chi connectivity index (χ4n) is 2.06. The number of methoxy groups -OCH3 is 1. The van der Waals surface area contributed by atoms with Gasteiger partial charge in [0.05, 0.1) is 26.3 Å². The molecule has 0 fully saturated rings. The minimum absolute atomic E-state index is 0.0931. The first-order chi connectivity index (χ1) is 11.2. The summed E-state index contributed by atoms with van der Waals surface area (Å²) in [4.78, 5) is 11.7. The monoisotopic (exact) mass is 319 g/mol. The summed E-state index contributed by atoms with van der Waals surface area (Å²) in [5.41, 5.74) is 1.46. The molecule has 2 aromatic rings. The summed E-state index contributed by atoms with van der Waals surface area (Å²) in [6.07, 6.45) is 0.657. The van der Waals surface area contributed by atoms with Crippen LogP contribution < -0.4 is 15.4 Å². The highest BCUT2D eigenvalue weighted by Gasteiger charge is 2.13. The molecule has 0 aliphatic rings. The zero-order chi connectivity index (χ0) is 16.7. The van der Waals surface area contributed by atoms with Crippen LogP contribution in [0.5, 0.6) is 5.75 Å². The summed E-state index contributed by atoms with van der Waals surface area (Å²) in [6, 6.07) is 8.62. The van der Waals surface area contributed by atoms with E-state index in [2.05, 4.69) is 15.8 Å². The number of amides is 2. The third kappa shape index (κ3) is 4.46. The summed E-state index contributed by atoms with van der Waals surface area (Å²) in [6.45, 7) is 2.00. The maximum Gasteiger partial charge on any atom is 0.315 e. The normalized spacial score (nSPS) is 11.8. The Balaban J connectivity index is 1.96. The van der Waals surface area contributed by atoms with E-state index in [1.807, 2.05) is 31.2 Å². The van der Waals surface area contributed by atoms with E-state index >= 15 is 0 Å². The fourth-order valence-corrected chi connectivity index (χ4v) is 2.06. The van der Waals surface area contributed by atoms with Crippen LogP contribution in [-0.4, -0.2) is 36.1 Å². The lowest BCUT2D eigenvalue weighted by atomic mass is 10.1. The number of rotatable bonds is 7. The molecular formula is C16H21N3O4. The van der Waals surface area contributed by atoms with Crippen molar-refractivity contribution in [3.8, 4) is 17.0 Å². The van der Waals surface area contributed by atoms with Gasteiger partial charge in [0.15, 0.2) is 5.76 Å². The zero-order valence-corrected chi connectivity index (χ0v) is 13.2. The molecule has 1 heterocycles. The lowest BCUT2D eigenvalue weighted by Gasteiger charge is -2.13. The molecule has 124 valence electrons. The van der Waals surface area contributed by atoms with Crippen molar-refractivity contribution in [1.82, 2.24) is 15.8 Å². The van der Waals surface area contributed by atoms with Gasteiger partial charge in [-0.05, 0) is 18.6 Å². The van der Waals surface area contributed by atoms with E-state index in [0.29, 0.717) is 23.6 Å². The molecule has 0 aliphatic heterocycles. The molecule has 2 rings (SSSR count). The number of benzene rings is 1. The lowest BCUT2D eigenvalue weighted by molar-refractivity contribution is 0.213. The summed E-state index contributed by atoms with van der Waals surface area (Å²) >= 11 is 0. The molecule has 7 nitrogen and oxygen atoms in total. The Morgan fingerprint density at radius 2 is 2.22 bits per heavy atom. The van der Waals surface area contributed by atoms with Crippen LogP contribution in [0.15, 0.2) is 34.9 Å². The first kappa shape index (κ1) is 16.8. The quantitative estimate of drug-likeness (QED) is 0.724. The second-order valence-corrected chi connectivity index (χ2v) is 4.99. The Labute approximate surface area is 134 Å². The van der Waals surface area contributed by atoms with Crippen molar-refractivity contribution < 1.29 is 19.2 Å². The number of aliphatic hydroxyl groups excluding tert-OH is 1. The van der Waals surface area contributed by atoms with Crippen molar-refractivity contribution in [2.45, 2.75) is 25.9 Å². The molecule has 7 heteroatoms. The van der Waals surface area contributed by atoms with E-state index in [-0.39, 0.29) is 25.2 Å². The Morgan fingerprint density at radius 1 is 1.43 bits per heavy atom. The first-order valence-electron chi connectivity index (χ1n) is 7.42. The average Bonchev–Trinajstić information content (AvgIpc) is 3.06. The van der Waals surface area contributed by atoms with Crippen molar-refractivity contribution in [2.24, 2.45) is 0 Å². The van der Waals surface area contributed by atoms with Crippen molar-refractivity contribution in [2.75, 3.05) is 13.7 Å². The van der Waals surface area contributed by atoms with Gasteiger partial charge in [-0.2, -0.15) is 0 Å². The molecule has 0 bridgehead atoms. The Bertz CT molecular complexity index is 638. The van der Waals surface area contributed by atoms with Crippen LogP contribution in [0.4, 0.5) is 4.79 Å². The Kier molecular flexibility index (Phi) is 5.99. The predicted molar refractivity (Wildman–Crippen MR) is 85.0 cm³/mol. The van der Waals surface area contributed by atoms with Crippen LogP contribution in [0.2, 0.25) is 0 Å². The molecule has 1 atom stereocenters. The van der Waals surface area contributed by atoms with Crippen LogP contribution in [0.3, 0.4) is 0 Å².